The third kappa shape index (κ3) is 3.49. The molecule has 1 aromatic rings. The van der Waals surface area contributed by atoms with Crippen LogP contribution < -0.4 is 5.32 Å². The Hall–Kier alpha value is -1.04. The topological polar surface area (TPSA) is 64.4 Å². The van der Waals surface area contributed by atoms with Crippen molar-refractivity contribution < 1.29 is 9.66 Å². The smallest absolute Gasteiger partial charge is 0.293 e. The summed E-state index contributed by atoms with van der Waals surface area (Å²) in [7, 11) is 0. The highest BCUT2D eigenvalue weighted by Gasteiger charge is 2.23. The third-order valence-electron chi connectivity index (χ3n) is 3.08. The van der Waals surface area contributed by atoms with Gasteiger partial charge in [-0.1, -0.05) is 23.2 Å². The first kappa shape index (κ1) is 14.4. The second-order valence-corrected chi connectivity index (χ2v) is 5.40. The van der Waals surface area contributed by atoms with Gasteiger partial charge in [0.25, 0.3) is 5.69 Å². The quantitative estimate of drug-likeness (QED) is 0.680. The van der Waals surface area contributed by atoms with Gasteiger partial charge < -0.3 is 10.1 Å². The molecule has 1 heterocycles. The number of hydrogen-bond acceptors (Lipinski definition) is 4. The maximum atomic E-state index is 11.0. The SMILES string of the molecule is CC1CC(Nc2cc(Cl)c(Cl)cc2[N+](=O)[O-])CCO1. The Morgan fingerprint density at radius 1 is 1.42 bits per heavy atom. The minimum absolute atomic E-state index is 0.0615. The summed E-state index contributed by atoms with van der Waals surface area (Å²) in [6, 6.07) is 2.91. The van der Waals surface area contributed by atoms with Gasteiger partial charge in [-0.3, -0.25) is 10.1 Å². The predicted octanol–water partition coefficient (Wildman–Crippen LogP) is 3.88. The predicted molar refractivity (Wildman–Crippen MR) is 75.2 cm³/mol. The maximum absolute atomic E-state index is 11.0. The lowest BCUT2D eigenvalue weighted by molar-refractivity contribution is -0.384. The van der Waals surface area contributed by atoms with Gasteiger partial charge in [0.2, 0.25) is 0 Å². The number of benzene rings is 1. The summed E-state index contributed by atoms with van der Waals surface area (Å²) in [6.07, 6.45) is 1.76. The molecule has 2 atom stereocenters. The van der Waals surface area contributed by atoms with Gasteiger partial charge in [0.1, 0.15) is 5.69 Å². The second-order valence-electron chi connectivity index (χ2n) is 4.59. The zero-order valence-corrected chi connectivity index (χ0v) is 11.9. The van der Waals surface area contributed by atoms with E-state index in [1.807, 2.05) is 6.92 Å². The van der Waals surface area contributed by atoms with Gasteiger partial charge in [-0.2, -0.15) is 0 Å². The lowest BCUT2D eigenvalue weighted by Gasteiger charge is -2.28. The molecule has 1 N–H and O–H groups in total. The molecule has 7 heteroatoms. The molecule has 0 aromatic heterocycles. The number of halogens is 2. The molecular formula is C12H14Cl2N2O3. The van der Waals surface area contributed by atoms with Gasteiger partial charge in [-0.15, -0.1) is 0 Å². The number of rotatable bonds is 3. The fraction of sp³-hybridized carbons (Fsp3) is 0.500. The van der Waals surface area contributed by atoms with Crippen molar-refractivity contribution in [1.29, 1.82) is 0 Å². The van der Waals surface area contributed by atoms with E-state index in [1.54, 1.807) is 0 Å². The van der Waals surface area contributed by atoms with Gasteiger partial charge in [-0.05, 0) is 25.8 Å². The Bertz CT molecular complexity index is 496. The molecule has 19 heavy (non-hydrogen) atoms. The van der Waals surface area contributed by atoms with Crippen LogP contribution in [0.4, 0.5) is 11.4 Å². The molecule has 0 radical (unpaired) electrons. The van der Waals surface area contributed by atoms with E-state index in [-0.39, 0.29) is 22.9 Å². The van der Waals surface area contributed by atoms with Crippen molar-refractivity contribution in [2.24, 2.45) is 0 Å². The summed E-state index contributed by atoms with van der Waals surface area (Å²) >= 11 is 11.7. The number of anilines is 1. The van der Waals surface area contributed by atoms with Crippen molar-refractivity contribution in [1.82, 2.24) is 0 Å². The largest absolute Gasteiger partial charge is 0.378 e. The number of hydrogen-bond donors (Lipinski definition) is 1. The van der Waals surface area contributed by atoms with Crippen molar-refractivity contribution in [3.8, 4) is 0 Å². The van der Waals surface area contributed by atoms with Crippen LogP contribution >= 0.6 is 23.2 Å². The Balaban J connectivity index is 2.23. The molecule has 0 saturated carbocycles. The molecule has 0 bridgehead atoms. The fourth-order valence-corrected chi connectivity index (χ4v) is 2.47. The first-order valence-corrected chi connectivity index (χ1v) is 6.74. The Morgan fingerprint density at radius 3 is 2.74 bits per heavy atom. The molecule has 0 amide bonds. The molecule has 1 saturated heterocycles. The summed E-state index contributed by atoms with van der Waals surface area (Å²) in [6.45, 7) is 2.63. The van der Waals surface area contributed by atoms with Crippen molar-refractivity contribution in [2.45, 2.75) is 31.9 Å². The highest BCUT2D eigenvalue weighted by Crippen LogP contribution is 2.35. The van der Waals surface area contributed by atoms with Crippen LogP contribution in [-0.4, -0.2) is 23.7 Å². The summed E-state index contributed by atoms with van der Waals surface area (Å²) in [5.74, 6) is 0. The highest BCUT2D eigenvalue weighted by atomic mass is 35.5. The summed E-state index contributed by atoms with van der Waals surface area (Å²) in [5, 5.41) is 14.7. The Morgan fingerprint density at radius 2 is 2.11 bits per heavy atom. The lowest BCUT2D eigenvalue weighted by Crippen LogP contribution is -2.32. The normalized spacial score (nSPS) is 23.1. The van der Waals surface area contributed by atoms with Crippen LogP contribution in [0.5, 0.6) is 0 Å². The molecule has 2 rings (SSSR count). The van der Waals surface area contributed by atoms with E-state index in [0.29, 0.717) is 17.3 Å². The summed E-state index contributed by atoms with van der Waals surface area (Å²) in [5.41, 5.74) is 0.340. The van der Waals surface area contributed by atoms with Gasteiger partial charge >= 0.3 is 0 Å². The van der Waals surface area contributed by atoms with E-state index < -0.39 is 4.92 Å². The van der Waals surface area contributed by atoms with Crippen molar-refractivity contribution in [3.05, 3.63) is 32.3 Å². The molecule has 0 aliphatic carbocycles. The van der Waals surface area contributed by atoms with Crippen LogP contribution in [0.1, 0.15) is 19.8 Å². The molecule has 2 unspecified atom stereocenters. The number of nitrogens with zero attached hydrogens (tertiary/aromatic N) is 1. The molecule has 1 fully saturated rings. The Kier molecular flexibility index (Phi) is 4.50. The van der Waals surface area contributed by atoms with Crippen molar-refractivity contribution >= 4 is 34.6 Å². The standard InChI is InChI=1S/C12H14Cl2N2O3/c1-7-4-8(2-3-19-7)15-11-5-9(13)10(14)6-12(11)16(17)18/h5-8,15H,2-4H2,1H3. The zero-order chi connectivity index (χ0) is 14.0. The average molecular weight is 305 g/mol. The fourth-order valence-electron chi connectivity index (χ4n) is 2.15. The minimum Gasteiger partial charge on any atom is -0.378 e. The van der Waals surface area contributed by atoms with Gasteiger partial charge in [-0.25, -0.2) is 0 Å². The number of nitro groups is 1. The number of nitrogens with one attached hydrogen (secondary N) is 1. The Labute approximate surface area is 121 Å². The molecule has 1 aliphatic heterocycles. The van der Waals surface area contributed by atoms with Gasteiger partial charge in [0, 0.05) is 18.7 Å². The minimum atomic E-state index is -0.465. The van der Waals surface area contributed by atoms with Crippen LogP contribution in [0.3, 0.4) is 0 Å². The van der Waals surface area contributed by atoms with Gasteiger partial charge in [0.15, 0.2) is 0 Å². The number of nitro benzene ring substituents is 1. The number of ether oxygens (including phenoxy) is 1. The van der Waals surface area contributed by atoms with E-state index in [2.05, 4.69) is 5.32 Å². The van der Waals surface area contributed by atoms with Crippen LogP contribution in [0.25, 0.3) is 0 Å². The molecular weight excluding hydrogens is 291 g/mol. The van der Waals surface area contributed by atoms with Gasteiger partial charge in [0.05, 0.1) is 21.1 Å². The molecule has 104 valence electrons. The van der Waals surface area contributed by atoms with E-state index >= 15 is 0 Å². The summed E-state index contributed by atoms with van der Waals surface area (Å²) in [4.78, 5) is 10.6. The first-order chi connectivity index (χ1) is 8.97. The van der Waals surface area contributed by atoms with E-state index in [1.165, 1.54) is 12.1 Å². The van der Waals surface area contributed by atoms with E-state index in [0.717, 1.165) is 12.8 Å². The van der Waals surface area contributed by atoms with Crippen LogP contribution in [-0.2, 0) is 4.74 Å². The monoisotopic (exact) mass is 304 g/mol. The van der Waals surface area contributed by atoms with E-state index in [4.69, 9.17) is 27.9 Å². The molecule has 0 spiro atoms. The summed E-state index contributed by atoms with van der Waals surface area (Å²) < 4.78 is 5.45. The third-order valence-corrected chi connectivity index (χ3v) is 3.80. The van der Waals surface area contributed by atoms with Crippen LogP contribution in [0.15, 0.2) is 12.1 Å². The highest BCUT2D eigenvalue weighted by molar-refractivity contribution is 6.42. The maximum Gasteiger partial charge on any atom is 0.293 e. The molecule has 1 aromatic carbocycles. The van der Waals surface area contributed by atoms with Crippen LogP contribution in [0.2, 0.25) is 10.0 Å². The first-order valence-electron chi connectivity index (χ1n) is 5.99. The van der Waals surface area contributed by atoms with Crippen LogP contribution in [0, 0.1) is 10.1 Å². The molecule has 1 aliphatic rings. The second kappa shape index (κ2) is 5.94. The van der Waals surface area contributed by atoms with E-state index in [9.17, 15) is 10.1 Å². The average Bonchev–Trinajstić information content (AvgIpc) is 2.33. The van der Waals surface area contributed by atoms with Crippen molar-refractivity contribution in [2.75, 3.05) is 11.9 Å². The molecule has 5 nitrogen and oxygen atoms in total. The zero-order valence-electron chi connectivity index (χ0n) is 10.4. The lowest BCUT2D eigenvalue weighted by atomic mass is 10.0. The van der Waals surface area contributed by atoms with Crippen molar-refractivity contribution in [3.63, 3.8) is 0 Å².